The van der Waals surface area contributed by atoms with Crippen LogP contribution in [0.1, 0.15) is 23.7 Å². The van der Waals surface area contributed by atoms with Crippen molar-refractivity contribution < 1.29 is 22.7 Å². The molecular weight excluding hydrogens is 418 g/mol. The second kappa shape index (κ2) is 8.30. The number of sulfonamides is 1. The number of carbonyl (C=O) groups excluding carboxylic acids is 2. The van der Waals surface area contributed by atoms with E-state index in [0.717, 1.165) is 12.5 Å². The van der Waals surface area contributed by atoms with Crippen LogP contribution in [-0.4, -0.2) is 27.3 Å². The van der Waals surface area contributed by atoms with Crippen molar-refractivity contribution in [2.24, 2.45) is 11.8 Å². The van der Waals surface area contributed by atoms with E-state index < -0.39 is 15.9 Å². The molecule has 1 aliphatic carbocycles. The molecule has 0 saturated heterocycles. The predicted molar refractivity (Wildman–Crippen MR) is 108 cm³/mol. The Kier molecular flexibility index (Phi) is 5.99. The van der Waals surface area contributed by atoms with Crippen molar-refractivity contribution in [1.82, 2.24) is 10.9 Å². The molecule has 2 aromatic rings. The first kappa shape index (κ1) is 20.9. The van der Waals surface area contributed by atoms with Gasteiger partial charge in [0.25, 0.3) is 15.9 Å². The van der Waals surface area contributed by atoms with E-state index >= 15 is 0 Å². The zero-order valence-electron chi connectivity index (χ0n) is 15.7. The number of benzene rings is 2. The van der Waals surface area contributed by atoms with Gasteiger partial charge in [0.2, 0.25) is 5.91 Å². The highest BCUT2D eigenvalue weighted by atomic mass is 35.5. The molecule has 3 rings (SSSR count). The highest BCUT2D eigenvalue weighted by Crippen LogP contribution is 2.37. The number of halogens is 1. The maximum absolute atomic E-state index is 12.8. The van der Waals surface area contributed by atoms with Gasteiger partial charge in [-0.2, -0.15) is 0 Å². The van der Waals surface area contributed by atoms with E-state index in [1.807, 2.05) is 6.92 Å². The Hall–Kier alpha value is -2.78. The average Bonchev–Trinajstić information content (AvgIpc) is 3.43. The van der Waals surface area contributed by atoms with Gasteiger partial charge < -0.3 is 4.74 Å². The lowest BCUT2D eigenvalue weighted by Crippen LogP contribution is -2.42. The second-order valence-corrected chi connectivity index (χ2v) is 8.77. The van der Waals surface area contributed by atoms with Gasteiger partial charge in [-0.05, 0) is 42.7 Å². The van der Waals surface area contributed by atoms with Crippen molar-refractivity contribution in [2.75, 3.05) is 11.8 Å². The highest BCUT2D eigenvalue weighted by Gasteiger charge is 2.39. The molecule has 2 amide bonds. The number of nitrogens with one attached hydrogen (secondary N) is 3. The normalized spacial score (nSPS) is 17.9. The van der Waals surface area contributed by atoms with Gasteiger partial charge in [0.05, 0.1) is 17.8 Å². The van der Waals surface area contributed by atoms with Crippen LogP contribution in [0.25, 0.3) is 0 Å². The van der Waals surface area contributed by atoms with Crippen LogP contribution in [0.5, 0.6) is 5.75 Å². The Morgan fingerprint density at radius 1 is 1.14 bits per heavy atom. The van der Waals surface area contributed by atoms with Crippen LogP contribution < -0.4 is 20.3 Å². The molecule has 29 heavy (non-hydrogen) atoms. The number of amides is 2. The fourth-order valence-corrected chi connectivity index (χ4v) is 4.35. The lowest BCUT2D eigenvalue weighted by atomic mass is 10.2. The van der Waals surface area contributed by atoms with Crippen molar-refractivity contribution in [2.45, 2.75) is 18.2 Å². The van der Waals surface area contributed by atoms with Crippen LogP contribution in [0, 0.1) is 11.8 Å². The molecule has 1 saturated carbocycles. The first-order valence-corrected chi connectivity index (χ1v) is 10.6. The topological polar surface area (TPSA) is 114 Å². The minimum absolute atomic E-state index is 0.0268. The van der Waals surface area contributed by atoms with Crippen molar-refractivity contribution >= 4 is 39.1 Å². The summed E-state index contributed by atoms with van der Waals surface area (Å²) in [5.74, 6) is -0.414. The number of methoxy groups -OCH3 is 1. The molecule has 3 N–H and O–H groups in total. The van der Waals surface area contributed by atoms with Gasteiger partial charge in [0.1, 0.15) is 10.6 Å². The van der Waals surface area contributed by atoms with Crippen LogP contribution in [0.4, 0.5) is 5.69 Å². The molecule has 0 radical (unpaired) electrons. The number of para-hydroxylation sites is 2. The first-order chi connectivity index (χ1) is 13.7. The number of hydrogen-bond donors (Lipinski definition) is 3. The monoisotopic (exact) mass is 437 g/mol. The van der Waals surface area contributed by atoms with E-state index in [4.69, 9.17) is 16.3 Å². The van der Waals surface area contributed by atoms with Crippen molar-refractivity contribution in [1.29, 1.82) is 0 Å². The van der Waals surface area contributed by atoms with Gasteiger partial charge in [-0.1, -0.05) is 30.7 Å². The van der Waals surface area contributed by atoms with Crippen molar-refractivity contribution in [3.05, 3.63) is 53.1 Å². The summed E-state index contributed by atoms with van der Waals surface area (Å²) in [6.45, 7) is 1.94. The number of carbonyl (C=O) groups is 2. The van der Waals surface area contributed by atoms with E-state index in [1.54, 1.807) is 18.2 Å². The van der Waals surface area contributed by atoms with E-state index in [0.29, 0.717) is 11.7 Å². The Labute approximate surface area is 173 Å². The van der Waals surface area contributed by atoms with E-state index in [-0.39, 0.29) is 33.0 Å². The van der Waals surface area contributed by atoms with Gasteiger partial charge in [-0.3, -0.25) is 25.2 Å². The summed E-state index contributed by atoms with van der Waals surface area (Å²) in [5.41, 5.74) is 4.89. The van der Waals surface area contributed by atoms with E-state index in [1.165, 1.54) is 25.3 Å². The summed E-state index contributed by atoms with van der Waals surface area (Å²) >= 11 is 6.07. The van der Waals surface area contributed by atoms with Crippen molar-refractivity contribution in [3.8, 4) is 5.75 Å². The third-order valence-electron chi connectivity index (χ3n) is 4.58. The average molecular weight is 438 g/mol. The van der Waals surface area contributed by atoms with Crippen LogP contribution in [-0.2, 0) is 14.8 Å². The van der Waals surface area contributed by atoms with E-state index in [2.05, 4.69) is 15.6 Å². The summed E-state index contributed by atoms with van der Waals surface area (Å²) in [6.07, 6.45) is 0.777. The lowest BCUT2D eigenvalue weighted by molar-refractivity contribution is -0.123. The number of hydrazine groups is 1. The minimum Gasteiger partial charge on any atom is -0.495 e. The minimum atomic E-state index is -4.10. The molecule has 2 aromatic carbocycles. The highest BCUT2D eigenvalue weighted by molar-refractivity contribution is 7.92. The molecule has 1 aliphatic rings. The number of rotatable bonds is 6. The smallest absolute Gasteiger partial charge is 0.269 e. The van der Waals surface area contributed by atoms with Crippen LogP contribution in [0.3, 0.4) is 0 Å². The molecule has 0 aromatic heterocycles. The third kappa shape index (κ3) is 4.80. The molecule has 1 fully saturated rings. The quantitative estimate of drug-likeness (QED) is 0.601. The van der Waals surface area contributed by atoms with Gasteiger partial charge >= 0.3 is 0 Å². The Morgan fingerprint density at radius 3 is 2.48 bits per heavy atom. The number of ether oxygens (including phenoxy) is 1. The molecule has 0 spiro atoms. The standard InChI is InChI=1S/C19H20ClN3O5S/c1-11-9-13(11)19(25)22-21-18(24)12-7-8-14(20)17(10-12)29(26,27)23-15-5-3-4-6-16(15)28-2/h3-8,10-11,13,23H,9H2,1-2H3,(H,21,24)(H,22,25)/t11-,13+/m0/s1. The Balaban J connectivity index is 1.78. The fourth-order valence-electron chi connectivity index (χ4n) is 2.75. The molecule has 0 bridgehead atoms. The summed E-state index contributed by atoms with van der Waals surface area (Å²) in [4.78, 5) is 23.9. The lowest BCUT2D eigenvalue weighted by Gasteiger charge is -2.13. The molecule has 8 nitrogen and oxygen atoms in total. The second-order valence-electron chi connectivity index (χ2n) is 6.71. The molecule has 0 heterocycles. The maximum atomic E-state index is 12.8. The van der Waals surface area contributed by atoms with Crippen LogP contribution >= 0.6 is 11.6 Å². The van der Waals surface area contributed by atoms with E-state index in [9.17, 15) is 18.0 Å². The zero-order valence-corrected chi connectivity index (χ0v) is 17.3. The number of hydrogen-bond acceptors (Lipinski definition) is 5. The van der Waals surface area contributed by atoms with Gasteiger partial charge in [-0.25, -0.2) is 8.42 Å². The molecule has 0 unspecified atom stereocenters. The molecule has 2 atom stereocenters. The van der Waals surface area contributed by atoms with Crippen molar-refractivity contribution in [3.63, 3.8) is 0 Å². The van der Waals surface area contributed by atoms with Gasteiger partial charge in [0, 0.05) is 11.5 Å². The summed E-state index contributed by atoms with van der Waals surface area (Å²) in [5, 5.41) is -0.0558. The largest absolute Gasteiger partial charge is 0.495 e. The Bertz CT molecular complexity index is 1060. The predicted octanol–water partition coefficient (Wildman–Crippen LogP) is 2.57. The molecular formula is C19H20ClN3O5S. The Morgan fingerprint density at radius 2 is 1.83 bits per heavy atom. The van der Waals surface area contributed by atoms with Crippen LogP contribution in [0.2, 0.25) is 5.02 Å². The molecule has 0 aliphatic heterocycles. The summed E-state index contributed by atoms with van der Waals surface area (Å²) < 4.78 is 33.2. The summed E-state index contributed by atoms with van der Waals surface area (Å²) in [7, 11) is -2.69. The van der Waals surface area contributed by atoms with Gasteiger partial charge in [-0.15, -0.1) is 0 Å². The van der Waals surface area contributed by atoms with Gasteiger partial charge in [0.15, 0.2) is 0 Å². The number of anilines is 1. The fraction of sp³-hybridized carbons (Fsp3) is 0.263. The molecule has 10 heteroatoms. The van der Waals surface area contributed by atoms with Crippen LogP contribution in [0.15, 0.2) is 47.4 Å². The zero-order chi connectivity index (χ0) is 21.2. The maximum Gasteiger partial charge on any atom is 0.269 e. The third-order valence-corrected chi connectivity index (χ3v) is 6.43. The summed E-state index contributed by atoms with van der Waals surface area (Å²) in [6, 6.07) is 10.3. The SMILES string of the molecule is COc1ccccc1NS(=O)(=O)c1cc(C(=O)NNC(=O)[C@@H]2C[C@@H]2C)ccc1Cl. The molecule has 154 valence electrons. The first-order valence-electron chi connectivity index (χ1n) is 8.78.